The van der Waals surface area contributed by atoms with Gasteiger partial charge in [-0.2, -0.15) is 5.10 Å². The summed E-state index contributed by atoms with van der Waals surface area (Å²) in [6, 6.07) is 13.9. The number of rotatable bonds is 7. The van der Waals surface area contributed by atoms with Crippen molar-refractivity contribution in [3.8, 4) is 11.3 Å². The fraction of sp³-hybridized carbons (Fsp3) is 0.459. The Bertz CT molecular complexity index is 2000. The van der Waals surface area contributed by atoms with Crippen molar-refractivity contribution in [3.63, 3.8) is 0 Å². The molecule has 0 spiro atoms. The van der Waals surface area contributed by atoms with Crippen LogP contribution >= 0.6 is 11.3 Å². The first-order valence-corrected chi connectivity index (χ1v) is 18.2. The first-order valence-electron chi connectivity index (χ1n) is 17.4. The Morgan fingerprint density at radius 2 is 1.77 bits per heavy atom. The third-order valence-corrected chi connectivity index (χ3v) is 12.4. The third-order valence-electron chi connectivity index (χ3n) is 11.4. The number of pyridine rings is 1. The van der Waals surface area contributed by atoms with Gasteiger partial charge in [0.25, 0.3) is 0 Å². The van der Waals surface area contributed by atoms with E-state index in [1.807, 2.05) is 41.3 Å². The van der Waals surface area contributed by atoms with Crippen LogP contribution in [0.2, 0.25) is 0 Å². The first kappa shape index (κ1) is 29.7. The number of fused-ring (bicyclic) bond motifs is 2. The van der Waals surface area contributed by atoms with Gasteiger partial charge in [-0.3, -0.25) is 4.68 Å². The standard InChI is InChI=1S/C37H40N8O2S/c1-21-13-29(43-45(21)20-37-17-23-14-24(18-37)16-25(15-23)19-37)27-10-11-31(39-32(27)35(46)47)44-12-6-5-7-26-22(2)33(41-42-34(26)44)40-36-38-28-8-3-4-9-30(28)48-36/h3-4,8-11,13,23-25H,5-7,12,14-20H2,1-2H3,(H,46,47)(H,38,40,41). The van der Waals surface area contributed by atoms with Gasteiger partial charge in [-0.25, -0.2) is 14.8 Å². The molecule has 0 radical (unpaired) electrons. The minimum Gasteiger partial charge on any atom is -0.476 e. The number of aromatic carboxylic acids is 1. The predicted octanol–water partition coefficient (Wildman–Crippen LogP) is 8.09. The van der Waals surface area contributed by atoms with Gasteiger partial charge in [0.2, 0.25) is 0 Å². The van der Waals surface area contributed by atoms with Gasteiger partial charge in [0.1, 0.15) is 5.82 Å². The monoisotopic (exact) mass is 660 g/mol. The van der Waals surface area contributed by atoms with Crippen LogP contribution in [0.1, 0.15) is 78.7 Å². The minimum absolute atomic E-state index is 0.0107. The van der Waals surface area contributed by atoms with Crippen molar-refractivity contribution in [3.05, 3.63) is 65.0 Å². The number of thiazole rings is 1. The lowest BCUT2D eigenvalue weighted by atomic mass is 9.49. The first-order chi connectivity index (χ1) is 23.3. The number of carboxylic acids is 1. The molecule has 4 aromatic heterocycles. The van der Waals surface area contributed by atoms with Crippen LogP contribution in [0.15, 0.2) is 42.5 Å². The Hall–Kier alpha value is -4.38. The van der Waals surface area contributed by atoms with Crippen molar-refractivity contribution in [1.29, 1.82) is 0 Å². The quantitative estimate of drug-likeness (QED) is 0.178. The van der Waals surface area contributed by atoms with Crippen LogP contribution in [0.5, 0.6) is 0 Å². The molecule has 5 heterocycles. The van der Waals surface area contributed by atoms with Crippen molar-refractivity contribution in [2.75, 3.05) is 16.8 Å². The van der Waals surface area contributed by atoms with Gasteiger partial charge in [-0.1, -0.05) is 23.5 Å². The molecule has 0 atom stereocenters. The number of nitrogens with zero attached hydrogens (tertiary/aromatic N) is 7. The van der Waals surface area contributed by atoms with Crippen LogP contribution < -0.4 is 10.2 Å². The minimum atomic E-state index is -1.06. The second-order valence-corrected chi connectivity index (χ2v) is 15.8. The highest BCUT2D eigenvalue weighted by Gasteiger charge is 2.51. The number of benzene rings is 1. The average molecular weight is 661 g/mol. The molecule has 48 heavy (non-hydrogen) atoms. The maximum absolute atomic E-state index is 12.7. The van der Waals surface area contributed by atoms with E-state index >= 15 is 0 Å². The molecule has 4 aliphatic carbocycles. The molecule has 11 heteroatoms. The van der Waals surface area contributed by atoms with E-state index < -0.39 is 5.97 Å². The molecule has 0 unspecified atom stereocenters. The van der Waals surface area contributed by atoms with E-state index in [9.17, 15) is 9.90 Å². The molecule has 246 valence electrons. The van der Waals surface area contributed by atoms with Crippen molar-refractivity contribution < 1.29 is 9.90 Å². The number of anilines is 4. The smallest absolute Gasteiger partial charge is 0.355 e. The summed E-state index contributed by atoms with van der Waals surface area (Å²) < 4.78 is 3.26. The molecule has 4 saturated carbocycles. The topological polar surface area (TPSA) is 122 Å². The van der Waals surface area contributed by atoms with Gasteiger partial charge < -0.3 is 15.3 Å². The summed E-state index contributed by atoms with van der Waals surface area (Å²) in [6.07, 6.45) is 10.9. The van der Waals surface area contributed by atoms with Gasteiger partial charge in [-0.15, -0.1) is 10.2 Å². The molecule has 5 aromatic rings. The average Bonchev–Trinajstić information content (AvgIpc) is 3.55. The summed E-state index contributed by atoms with van der Waals surface area (Å²) >= 11 is 1.59. The predicted molar refractivity (Wildman–Crippen MR) is 187 cm³/mol. The molecule has 10 nitrogen and oxygen atoms in total. The number of hydrogen-bond acceptors (Lipinski definition) is 9. The molecular weight excluding hydrogens is 621 g/mol. The molecule has 5 aliphatic rings. The van der Waals surface area contributed by atoms with Gasteiger partial charge in [0.05, 0.1) is 15.9 Å². The van der Waals surface area contributed by atoms with Crippen molar-refractivity contribution in [1.82, 2.24) is 29.9 Å². The van der Waals surface area contributed by atoms with Gasteiger partial charge in [-0.05, 0) is 125 Å². The molecule has 1 aromatic carbocycles. The van der Waals surface area contributed by atoms with E-state index in [4.69, 9.17) is 20.2 Å². The number of aryl methyl sites for hydroxylation is 1. The Kier molecular flexibility index (Phi) is 7.04. The molecule has 4 bridgehead atoms. The Labute approximate surface area is 283 Å². The van der Waals surface area contributed by atoms with Crippen molar-refractivity contribution in [2.24, 2.45) is 23.2 Å². The molecule has 2 N–H and O–H groups in total. The fourth-order valence-electron chi connectivity index (χ4n) is 9.68. The second-order valence-electron chi connectivity index (χ2n) is 14.8. The van der Waals surface area contributed by atoms with Crippen LogP contribution in [-0.2, 0) is 13.0 Å². The maximum Gasteiger partial charge on any atom is 0.355 e. The zero-order valence-corrected chi connectivity index (χ0v) is 28.3. The van der Waals surface area contributed by atoms with Gasteiger partial charge in [0, 0.05) is 35.5 Å². The fourth-order valence-corrected chi connectivity index (χ4v) is 10.5. The molecular formula is C37H40N8O2S. The second kappa shape index (κ2) is 11.4. The highest BCUT2D eigenvalue weighted by atomic mass is 32.1. The Morgan fingerprint density at radius 1 is 1.00 bits per heavy atom. The largest absolute Gasteiger partial charge is 0.476 e. The van der Waals surface area contributed by atoms with E-state index in [1.165, 1.54) is 38.5 Å². The van der Waals surface area contributed by atoms with Crippen LogP contribution in [0.25, 0.3) is 21.5 Å². The third kappa shape index (κ3) is 5.14. The van der Waals surface area contributed by atoms with Crippen LogP contribution in [-0.4, -0.2) is 47.6 Å². The summed E-state index contributed by atoms with van der Waals surface area (Å²) in [4.78, 5) is 24.2. The molecule has 10 rings (SSSR count). The SMILES string of the molecule is Cc1c(Nc2nc3ccccc3s2)nnc2c1CCCCN2c1ccc(-c2cc(C)n(CC34CC5CC(CC(C5)C3)C4)n2)c(C(=O)O)n1. The number of carbonyl (C=O) groups is 1. The van der Waals surface area contributed by atoms with E-state index in [0.717, 1.165) is 81.5 Å². The Morgan fingerprint density at radius 3 is 2.52 bits per heavy atom. The van der Waals surface area contributed by atoms with Crippen LogP contribution in [0.4, 0.5) is 22.6 Å². The number of aromatic nitrogens is 6. The number of para-hydroxylation sites is 1. The van der Waals surface area contributed by atoms with E-state index in [1.54, 1.807) is 11.3 Å². The van der Waals surface area contributed by atoms with E-state index in [2.05, 4.69) is 35.0 Å². The van der Waals surface area contributed by atoms with Gasteiger partial charge >= 0.3 is 5.97 Å². The number of nitrogens with one attached hydrogen (secondary N) is 1. The summed E-state index contributed by atoms with van der Waals surface area (Å²) in [5.74, 6) is 3.54. The summed E-state index contributed by atoms with van der Waals surface area (Å²) in [7, 11) is 0. The number of carboxylic acid groups (broad SMARTS) is 1. The lowest BCUT2D eigenvalue weighted by Gasteiger charge is -2.56. The van der Waals surface area contributed by atoms with E-state index in [0.29, 0.717) is 34.9 Å². The summed E-state index contributed by atoms with van der Waals surface area (Å²) in [6.45, 7) is 5.76. The summed E-state index contributed by atoms with van der Waals surface area (Å²) in [5.41, 5.74) is 5.69. The molecule has 0 saturated heterocycles. The zero-order valence-electron chi connectivity index (χ0n) is 27.4. The lowest BCUT2D eigenvalue weighted by Crippen LogP contribution is -2.48. The lowest BCUT2D eigenvalue weighted by molar-refractivity contribution is -0.0637. The van der Waals surface area contributed by atoms with E-state index in [-0.39, 0.29) is 5.69 Å². The highest BCUT2D eigenvalue weighted by molar-refractivity contribution is 7.22. The van der Waals surface area contributed by atoms with Crippen molar-refractivity contribution >= 4 is 50.1 Å². The highest BCUT2D eigenvalue weighted by Crippen LogP contribution is 2.60. The molecule has 0 amide bonds. The van der Waals surface area contributed by atoms with Crippen LogP contribution in [0, 0.1) is 37.0 Å². The maximum atomic E-state index is 12.7. The summed E-state index contributed by atoms with van der Waals surface area (Å²) in [5, 5.41) is 28.9. The normalized spacial score (nSPS) is 24.5. The van der Waals surface area contributed by atoms with Gasteiger partial charge in [0.15, 0.2) is 22.5 Å². The van der Waals surface area contributed by atoms with Crippen molar-refractivity contribution in [2.45, 2.75) is 78.2 Å². The molecule has 4 fully saturated rings. The van der Waals surface area contributed by atoms with Crippen LogP contribution in [0.3, 0.4) is 0 Å². The Balaban J connectivity index is 1.01. The zero-order chi connectivity index (χ0) is 32.6. The number of hydrogen-bond donors (Lipinski definition) is 2. The molecule has 1 aliphatic heterocycles.